The molecule has 0 aliphatic heterocycles. The fourth-order valence-electron chi connectivity index (χ4n) is 3.06. The van der Waals surface area contributed by atoms with E-state index < -0.39 is 0 Å². The third kappa shape index (κ3) is 2.16. The van der Waals surface area contributed by atoms with Gasteiger partial charge in [0, 0.05) is 17.5 Å². The number of benzene rings is 2. The predicted octanol–water partition coefficient (Wildman–Crippen LogP) is 4.43. The fraction of sp³-hybridized carbons (Fsp3) is 0.211. The number of rotatable bonds is 3. The lowest BCUT2D eigenvalue weighted by Gasteiger charge is -2.08. The highest BCUT2D eigenvalue weighted by Crippen LogP contribution is 2.29. The van der Waals surface area contributed by atoms with Gasteiger partial charge in [0.15, 0.2) is 5.58 Å². The normalized spacial score (nSPS) is 11.2. The maximum Gasteiger partial charge on any atom is 0.167 e. The summed E-state index contributed by atoms with van der Waals surface area (Å²) in [5, 5.41) is 14.2. The van der Waals surface area contributed by atoms with Crippen molar-refractivity contribution in [2.75, 3.05) is 0 Å². The van der Waals surface area contributed by atoms with Crippen LogP contribution >= 0.6 is 0 Å². The van der Waals surface area contributed by atoms with Gasteiger partial charge in [0.1, 0.15) is 5.82 Å². The van der Waals surface area contributed by atoms with Gasteiger partial charge in [-0.05, 0) is 49.7 Å². The second-order valence-corrected chi connectivity index (χ2v) is 5.88. The lowest BCUT2D eigenvalue weighted by molar-refractivity contribution is 0.450. The van der Waals surface area contributed by atoms with Gasteiger partial charge >= 0.3 is 0 Å². The van der Waals surface area contributed by atoms with Crippen molar-refractivity contribution in [3.8, 4) is 17.5 Å². The molecule has 0 saturated heterocycles. The first kappa shape index (κ1) is 14.5. The first-order valence-electron chi connectivity index (χ1n) is 7.98. The van der Waals surface area contributed by atoms with E-state index in [0.717, 1.165) is 52.1 Å². The van der Waals surface area contributed by atoms with E-state index in [9.17, 15) is 0 Å². The van der Waals surface area contributed by atoms with Crippen molar-refractivity contribution >= 4 is 22.0 Å². The van der Waals surface area contributed by atoms with Gasteiger partial charge in [0.05, 0.1) is 28.4 Å². The lowest BCUT2D eigenvalue weighted by atomic mass is 10.1. The summed E-state index contributed by atoms with van der Waals surface area (Å²) in [4.78, 5) is 4.80. The molecule has 0 atom stereocenters. The number of imidazole rings is 1. The summed E-state index contributed by atoms with van der Waals surface area (Å²) in [7, 11) is 0. The molecule has 0 bridgehead atoms. The van der Waals surface area contributed by atoms with Crippen molar-refractivity contribution in [2.24, 2.45) is 0 Å². The molecular weight excluding hydrogens is 300 g/mol. The van der Waals surface area contributed by atoms with Gasteiger partial charge in [-0.2, -0.15) is 5.26 Å². The van der Waals surface area contributed by atoms with Gasteiger partial charge in [-0.1, -0.05) is 12.1 Å². The van der Waals surface area contributed by atoms with E-state index in [1.807, 2.05) is 37.3 Å². The molecule has 0 spiro atoms. The molecule has 0 amide bonds. The summed E-state index contributed by atoms with van der Waals surface area (Å²) in [6, 6.07) is 13.8. The van der Waals surface area contributed by atoms with Crippen LogP contribution in [0.3, 0.4) is 0 Å². The highest BCUT2D eigenvalue weighted by molar-refractivity contribution is 5.87. The Labute approximate surface area is 139 Å². The summed E-state index contributed by atoms with van der Waals surface area (Å²) in [6.07, 6.45) is 0.990. The van der Waals surface area contributed by atoms with E-state index in [-0.39, 0.29) is 0 Å². The van der Waals surface area contributed by atoms with E-state index in [1.165, 1.54) is 0 Å². The molecule has 2 aromatic heterocycles. The summed E-state index contributed by atoms with van der Waals surface area (Å²) < 4.78 is 7.47. The van der Waals surface area contributed by atoms with Crippen LogP contribution in [0.15, 0.2) is 40.9 Å². The number of hydrogen-bond donors (Lipinski definition) is 0. The van der Waals surface area contributed by atoms with E-state index >= 15 is 0 Å². The third-order valence-electron chi connectivity index (χ3n) is 4.23. The molecule has 0 N–H and O–H groups in total. The van der Waals surface area contributed by atoms with Crippen LogP contribution in [-0.2, 0) is 6.54 Å². The van der Waals surface area contributed by atoms with Gasteiger partial charge in [-0.3, -0.25) is 0 Å². The molecule has 0 fully saturated rings. The third-order valence-corrected chi connectivity index (χ3v) is 4.23. The summed E-state index contributed by atoms with van der Waals surface area (Å²) in [5.74, 6) is 0.907. The van der Waals surface area contributed by atoms with Crippen molar-refractivity contribution in [3.63, 3.8) is 0 Å². The molecule has 0 aliphatic rings. The van der Waals surface area contributed by atoms with Crippen LogP contribution in [0.1, 0.15) is 24.6 Å². The number of fused-ring (bicyclic) bond motifs is 2. The van der Waals surface area contributed by atoms with Crippen molar-refractivity contribution in [1.82, 2.24) is 14.7 Å². The van der Waals surface area contributed by atoms with E-state index in [0.29, 0.717) is 5.56 Å². The standard InChI is InChI=1S/C19H16N4O/c1-3-8-23-17-9-13(11-20)4-6-16(17)21-19(23)14-5-7-18-15(10-14)12(2)22-24-18/h4-7,9-10H,3,8H2,1-2H3. The van der Waals surface area contributed by atoms with Gasteiger partial charge < -0.3 is 9.09 Å². The van der Waals surface area contributed by atoms with E-state index in [2.05, 4.69) is 28.8 Å². The number of aromatic nitrogens is 3. The second-order valence-electron chi connectivity index (χ2n) is 5.88. The number of aryl methyl sites for hydroxylation is 2. The molecule has 0 radical (unpaired) electrons. The molecule has 2 aromatic carbocycles. The molecular formula is C19H16N4O. The van der Waals surface area contributed by atoms with Crippen LogP contribution in [0, 0.1) is 18.3 Å². The average Bonchev–Trinajstić information content (AvgIpc) is 3.16. The Hall–Kier alpha value is -3.13. The second kappa shape index (κ2) is 5.50. The molecule has 4 aromatic rings. The lowest BCUT2D eigenvalue weighted by Crippen LogP contribution is -1.99. The average molecular weight is 316 g/mol. The minimum atomic E-state index is 0.650. The van der Waals surface area contributed by atoms with Crippen molar-refractivity contribution in [1.29, 1.82) is 5.26 Å². The highest BCUT2D eigenvalue weighted by Gasteiger charge is 2.14. The summed E-state index contributed by atoms with van der Waals surface area (Å²) >= 11 is 0. The first-order valence-corrected chi connectivity index (χ1v) is 7.98. The maximum atomic E-state index is 9.17. The molecule has 0 aliphatic carbocycles. The molecule has 5 nitrogen and oxygen atoms in total. The molecule has 4 rings (SSSR count). The Bertz CT molecular complexity index is 1100. The van der Waals surface area contributed by atoms with Gasteiger partial charge in [-0.15, -0.1) is 0 Å². The van der Waals surface area contributed by atoms with Crippen LogP contribution in [0.5, 0.6) is 0 Å². The molecule has 0 unspecified atom stereocenters. The van der Waals surface area contributed by atoms with Crippen LogP contribution < -0.4 is 0 Å². The Morgan fingerprint density at radius 2 is 2.08 bits per heavy atom. The zero-order valence-corrected chi connectivity index (χ0v) is 13.6. The maximum absolute atomic E-state index is 9.17. The number of nitriles is 1. The zero-order chi connectivity index (χ0) is 16.7. The van der Waals surface area contributed by atoms with E-state index in [1.54, 1.807) is 0 Å². The largest absolute Gasteiger partial charge is 0.356 e. The molecule has 5 heteroatoms. The summed E-state index contributed by atoms with van der Waals surface area (Å²) in [5.41, 5.74) is 5.22. The zero-order valence-electron chi connectivity index (χ0n) is 13.6. The van der Waals surface area contributed by atoms with Crippen LogP contribution in [0.25, 0.3) is 33.4 Å². The number of hydrogen-bond acceptors (Lipinski definition) is 4. The highest BCUT2D eigenvalue weighted by atomic mass is 16.5. The van der Waals surface area contributed by atoms with Crippen molar-refractivity contribution in [2.45, 2.75) is 26.8 Å². The van der Waals surface area contributed by atoms with Crippen molar-refractivity contribution < 1.29 is 4.52 Å². The Balaban J connectivity index is 1.98. The molecule has 0 saturated carbocycles. The van der Waals surface area contributed by atoms with Crippen LogP contribution in [-0.4, -0.2) is 14.7 Å². The Kier molecular flexibility index (Phi) is 3.31. The van der Waals surface area contributed by atoms with Crippen molar-refractivity contribution in [3.05, 3.63) is 47.7 Å². The fourth-order valence-corrected chi connectivity index (χ4v) is 3.06. The quantitative estimate of drug-likeness (QED) is 0.560. The van der Waals surface area contributed by atoms with Crippen LogP contribution in [0.4, 0.5) is 0 Å². The molecule has 2 heterocycles. The van der Waals surface area contributed by atoms with Crippen LogP contribution in [0.2, 0.25) is 0 Å². The van der Waals surface area contributed by atoms with Gasteiger partial charge in [0.25, 0.3) is 0 Å². The SMILES string of the molecule is CCCn1c(-c2ccc3onc(C)c3c2)nc2ccc(C#N)cc21. The summed E-state index contributed by atoms with van der Waals surface area (Å²) in [6.45, 7) is 4.92. The first-order chi connectivity index (χ1) is 11.7. The topological polar surface area (TPSA) is 67.6 Å². The monoisotopic (exact) mass is 316 g/mol. The smallest absolute Gasteiger partial charge is 0.167 e. The Morgan fingerprint density at radius 3 is 2.88 bits per heavy atom. The minimum Gasteiger partial charge on any atom is -0.356 e. The minimum absolute atomic E-state index is 0.650. The predicted molar refractivity (Wildman–Crippen MR) is 92.5 cm³/mol. The molecule has 24 heavy (non-hydrogen) atoms. The van der Waals surface area contributed by atoms with E-state index in [4.69, 9.17) is 14.8 Å². The van der Waals surface area contributed by atoms with Gasteiger partial charge in [-0.25, -0.2) is 4.98 Å². The number of nitrogens with zero attached hydrogens (tertiary/aromatic N) is 4. The van der Waals surface area contributed by atoms with Gasteiger partial charge in [0.2, 0.25) is 0 Å². The molecule has 118 valence electrons. The Morgan fingerprint density at radius 1 is 1.21 bits per heavy atom.